The molecule has 1 atom stereocenters. The number of pyridine rings is 1. The molecule has 1 fully saturated rings. The minimum atomic E-state index is 0.558. The Hall–Kier alpha value is -1.09. The third kappa shape index (κ3) is 1.97. The highest BCUT2D eigenvalue weighted by molar-refractivity contribution is 5.37. The summed E-state index contributed by atoms with van der Waals surface area (Å²) >= 11 is 0. The van der Waals surface area contributed by atoms with Crippen LogP contribution < -0.4 is 5.73 Å². The molecule has 0 amide bonds. The highest BCUT2D eigenvalue weighted by Crippen LogP contribution is 2.33. The SMILES string of the molecule is CCN1CCC[C@H]1c1cnc(N)cc1C. The normalized spacial score (nSPS) is 22.1. The highest BCUT2D eigenvalue weighted by atomic mass is 15.2. The zero-order chi connectivity index (χ0) is 10.8. The van der Waals surface area contributed by atoms with Crippen molar-refractivity contribution in [2.45, 2.75) is 32.7 Å². The second-order valence-electron chi connectivity index (χ2n) is 4.25. The molecule has 1 saturated heterocycles. The van der Waals surface area contributed by atoms with Crippen molar-refractivity contribution in [3.05, 3.63) is 23.4 Å². The topological polar surface area (TPSA) is 42.2 Å². The number of rotatable bonds is 2. The molecular formula is C12H19N3. The summed E-state index contributed by atoms with van der Waals surface area (Å²) in [7, 11) is 0. The number of nitrogens with zero attached hydrogens (tertiary/aromatic N) is 2. The summed E-state index contributed by atoms with van der Waals surface area (Å²) in [5.74, 6) is 0.622. The molecule has 0 unspecified atom stereocenters. The minimum Gasteiger partial charge on any atom is -0.384 e. The first kappa shape index (κ1) is 10.4. The fraction of sp³-hybridized carbons (Fsp3) is 0.583. The quantitative estimate of drug-likeness (QED) is 0.804. The average Bonchev–Trinajstić information content (AvgIpc) is 2.65. The van der Waals surface area contributed by atoms with Crippen LogP contribution in [0.3, 0.4) is 0 Å². The zero-order valence-electron chi connectivity index (χ0n) is 9.53. The van der Waals surface area contributed by atoms with Gasteiger partial charge in [-0.1, -0.05) is 6.92 Å². The van der Waals surface area contributed by atoms with Crippen molar-refractivity contribution in [1.29, 1.82) is 0 Å². The van der Waals surface area contributed by atoms with E-state index in [1.165, 1.54) is 30.5 Å². The molecule has 1 aliphatic rings. The number of nitrogen functional groups attached to an aromatic ring is 1. The molecule has 2 N–H and O–H groups in total. The van der Waals surface area contributed by atoms with Gasteiger partial charge >= 0.3 is 0 Å². The fourth-order valence-corrected chi connectivity index (χ4v) is 2.49. The maximum absolute atomic E-state index is 5.67. The van der Waals surface area contributed by atoms with Crippen LogP contribution in [0.1, 0.15) is 36.9 Å². The number of aromatic nitrogens is 1. The third-order valence-corrected chi connectivity index (χ3v) is 3.30. The minimum absolute atomic E-state index is 0.558. The number of hydrogen-bond acceptors (Lipinski definition) is 3. The summed E-state index contributed by atoms with van der Waals surface area (Å²) in [5.41, 5.74) is 8.29. The summed E-state index contributed by atoms with van der Waals surface area (Å²) in [6.45, 7) is 6.68. The van der Waals surface area contributed by atoms with Crippen molar-refractivity contribution in [2.24, 2.45) is 0 Å². The van der Waals surface area contributed by atoms with Crippen LogP contribution in [0.2, 0.25) is 0 Å². The van der Waals surface area contributed by atoms with E-state index < -0.39 is 0 Å². The maximum atomic E-state index is 5.67. The molecule has 1 aromatic rings. The molecule has 0 radical (unpaired) electrons. The van der Waals surface area contributed by atoms with Gasteiger partial charge in [-0.2, -0.15) is 0 Å². The van der Waals surface area contributed by atoms with Crippen LogP contribution >= 0.6 is 0 Å². The van der Waals surface area contributed by atoms with E-state index in [9.17, 15) is 0 Å². The maximum Gasteiger partial charge on any atom is 0.123 e. The van der Waals surface area contributed by atoms with E-state index >= 15 is 0 Å². The van der Waals surface area contributed by atoms with Crippen molar-refractivity contribution < 1.29 is 0 Å². The van der Waals surface area contributed by atoms with Crippen LogP contribution in [-0.4, -0.2) is 23.0 Å². The first-order valence-electron chi connectivity index (χ1n) is 5.68. The van der Waals surface area contributed by atoms with Crippen LogP contribution in [0.15, 0.2) is 12.3 Å². The van der Waals surface area contributed by atoms with E-state index in [4.69, 9.17) is 5.73 Å². The molecule has 82 valence electrons. The molecule has 1 aliphatic heterocycles. The fourth-order valence-electron chi connectivity index (χ4n) is 2.49. The number of likely N-dealkylation sites (tertiary alicyclic amines) is 1. The first-order valence-corrected chi connectivity index (χ1v) is 5.68. The molecule has 2 heterocycles. The van der Waals surface area contributed by atoms with Gasteiger partial charge in [-0.25, -0.2) is 4.98 Å². The molecule has 15 heavy (non-hydrogen) atoms. The van der Waals surface area contributed by atoms with E-state index in [0.29, 0.717) is 11.9 Å². The number of hydrogen-bond donors (Lipinski definition) is 1. The van der Waals surface area contributed by atoms with Gasteiger partial charge in [0.25, 0.3) is 0 Å². The lowest BCUT2D eigenvalue weighted by Gasteiger charge is -2.24. The average molecular weight is 205 g/mol. The second-order valence-corrected chi connectivity index (χ2v) is 4.25. The van der Waals surface area contributed by atoms with Gasteiger partial charge in [-0.15, -0.1) is 0 Å². The molecule has 0 aromatic carbocycles. The van der Waals surface area contributed by atoms with E-state index in [1.807, 2.05) is 12.3 Å². The van der Waals surface area contributed by atoms with Crippen molar-refractivity contribution in [3.63, 3.8) is 0 Å². The predicted molar refractivity (Wildman–Crippen MR) is 62.6 cm³/mol. The molecule has 0 aliphatic carbocycles. The van der Waals surface area contributed by atoms with Crippen LogP contribution in [-0.2, 0) is 0 Å². The highest BCUT2D eigenvalue weighted by Gasteiger charge is 2.25. The molecule has 0 bridgehead atoms. The van der Waals surface area contributed by atoms with Gasteiger partial charge in [-0.3, -0.25) is 4.90 Å². The summed E-state index contributed by atoms with van der Waals surface area (Å²) in [5, 5.41) is 0. The van der Waals surface area contributed by atoms with E-state index in [0.717, 1.165) is 6.54 Å². The van der Waals surface area contributed by atoms with Gasteiger partial charge < -0.3 is 5.73 Å². The van der Waals surface area contributed by atoms with E-state index in [-0.39, 0.29) is 0 Å². The Morgan fingerprint density at radius 1 is 1.60 bits per heavy atom. The van der Waals surface area contributed by atoms with Gasteiger partial charge in [0.2, 0.25) is 0 Å². The number of nitrogens with two attached hydrogens (primary N) is 1. The van der Waals surface area contributed by atoms with Crippen LogP contribution in [0.25, 0.3) is 0 Å². The van der Waals surface area contributed by atoms with Gasteiger partial charge in [0.05, 0.1) is 0 Å². The summed E-state index contributed by atoms with van der Waals surface area (Å²) in [4.78, 5) is 6.72. The Bertz CT molecular complexity index is 349. The zero-order valence-corrected chi connectivity index (χ0v) is 9.53. The van der Waals surface area contributed by atoms with Crippen LogP contribution in [0.5, 0.6) is 0 Å². The van der Waals surface area contributed by atoms with Gasteiger partial charge in [0.15, 0.2) is 0 Å². The summed E-state index contributed by atoms with van der Waals surface area (Å²) in [6, 6.07) is 2.53. The van der Waals surface area contributed by atoms with Crippen LogP contribution in [0.4, 0.5) is 5.82 Å². The number of anilines is 1. The predicted octanol–water partition coefficient (Wildman–Crippen LogP) is 2.13. The molecular weight excluding hydrogens is 186 g/mol. The molecule has 3 nitrogen and oxygen atoms in total. The first-order chi connectivity index (χ1) is 7.22. The van der Waals surface area contributed by atoms with Crippen molar-refractivity contribution in [1.82, 2.24) is 9.88 Å². The lowest BCUT2D eigenvalue weighted by atomic mass is 10.0. The molecule has 0 spiro atoms. The van der Waals surface area contributed by atoms with Gasteiger partial charge in [0.1, 0.15) is 5.82 Å². The Balaban J connectivity index is 2.28. The molecule has 3 heteroatoms. The Morgan fingerprint density at radius 2 is 2.40 bits per heavy atom. The third-order valence-electron chi connectivity index (χ3n) is 3.30. The Morgan fingerprint density at radius 3 is 3.07 bits per heavy atom. The summed E-state index contributed by atoms with van der Waals surface area (Å²) in [6.07, 6.45) is 4.49. The van der Waals surface area contributed by atoms with Crippen LogP contribution in [0, 0.1) is 6.92 Å². The lowest BCUT2D eigenvalue weighted by Crippen LogP contribution is -2.23. The molecule has 2 rings (SSSR count). The van der Waals surface area contributed by atoms with Crippen molar-refractivity contribution in [3.8, 4) is 0 Å². The smallest absolute Gasteiger partial charge is 0.123 e. The van der Waals surface area contributed by atoms with E-state index in [2.05, 4.69) is 23.7 Å². The second kappa shape index (κ2) is 4.19. The van der Waals surface area contributed by atoms with Gasteiger partial charge in [-0.05, 0) is 50.0 Å². The van der Waals surface area contributed by atoms with Crippen molar-refractivity contribution in [2.75, 3.05) is 18.8 Å². The Kier molecular flexibility index (Phi) is 2.91. The molecule has 0 saturated carbocycles. The standard InChI is InChI=1S/C12H19N3/c1-3-15-6-4-5-11(15)10-8-14-12(13)7-9(10)2/h7-8,11H,3-6H2,1-2H3,(H2,13,14)/t11-/m0/s1. The van der Waals surface area contributed by atoms with Crippen molar-refractivity contribution >= 4 is 5.82 Å². The summed E-state index contributed by atoms with van der Waals surface area (Å²) < 4.78 is 0. The van der Waals surface area contributed by atoms with E-state index in [1.54, 1.807) is 0 Å². The number of aryl methyl sites for hydroxylation is 1. The monoisotopic (exact) mass is 205 g/mol. The lowest BCUT2D eigenvalue weighted by molar-refractivity contribution is 0.270. The van der Waals surface area contributed by atoms with Gasteiger partial charge in [0, 0.05) is 12.2 Å². The largest absolute Gasteiger partial charge is 0.384 e. The Labute approximate surface area is 91.3 Å². The molecule has 1 aromatic heterocycles.